The van der Waals surface area contributed by atoms with Crippen LogP contribution in [0.2, 0.25) is 5.02 Å². The van der Waals surface area contributed by atoms with Gasteiger partial charge in [0.2, 0.25) is 5.88 Å². The lowest BCUT2D eigenvalue weighted by Gasteiger charge is -2.13. The van der Waals surface area contributed by atoms with Crippen LogP contribution in [0.25, 0.3) is 0 Å². The van der Waals surface area contributed by atoms with Crippen molar-refractivity contribution in [3.05, 3.63) is 100 Å². The Morgan fingerprint density at radius 2 is 1.47 bits per heavy atom. The molecule has 4 nitrogen and oxygen atoms in total. The summed E-state index contributed by atoms with van der Waals surface area (Å²) in [6, 6.07) is 10.7. The zero-order chi connectivity index (χ0) is 24.2. The molecule has 0 saturated carbocycles. The Morgan fingerprint density at radius 3 is 2.09 bits per heavy atom. The van der Waals surface area contributed by atoms with E-state index in [2.05, 4.69) is 9.97 Å². The summed E-state index contributed by atoms with van der Waals surface area (Å²) in [7, 11) is 0. The van der Waals surface area contributed by atoms with Crippen LogP contribution in [0, 0.1) is 23.3 Å². The number of hydrogen-bond donors (Lipinski definition) is 0. The van der Waals surface area contributed by atoms with Gasteiger partial charge in [0.15, 0.2) is 23.1 Å². The van der Waals surface area contributed by atoms with Crippen molar-refractivity contribution in [3.8, 4) is 23.4 Å². The zero-order valence-corrected chi connectivity index (χ0v) is 19.1. The molecular formula is C24H15ClF4N2O2S. The molecular weight excluding hydrogens is 492 g/mol. The van der Waals surface area contributed by atoms with Crippen LogP contribution in [0.4, 0.5) is 17.6 Å². The van der Waals surface area contributed by atoms with Crippen LogP contribution in [0.5, 0.6) is 23.4 Å². The van der Waals surface area contributed by atoms with Gasteiger partial charge in [0.05, 0.1) is 0 Å². The molecule has 0 atom stereocenters. The molecule has 1 aromatic heterocycles. The van der Waals surface area contributed by atoms with Crippen molar-refractivity contribution in [2.45, 2.75) is 11.3 Å². The Kier molecular flexibility index (Phi) is 7.23. The van der Waals surface area contributed by atoms with Crippen LogP contribution < -0.4 is 9.47 Å². The van der Waals surface area contributed by atoms with Crippen molar-refractivity contribution < 1.29 is 27.0 Å². The van der Waals surface area contributed by atoms with Gasteiger partial charge in [-0.05, 0) is 54.3 Å². The SMILES string of the molecule is CSc1ccc(Cl)c(Cc2cnc(Oc3ccc(F)cc3F)nc2Oc2ccc(F)cc2F)c1. The average Bonchev–Trinajstić information content (AvgIpc) is 2.80. The molecule has 0 aliphatic rings. The number of rotatable bonds is 7. The number of benzene rings is 3. The highest BCUT2D eigenvalue weighted by Crippen LogP contribution is 2.32. The third-order valence-corrected chi connectivity index (χ3v) is 5.73. The number of hydrogen-bond acceptors (Lipinski definition) is 5. The molecule has 0 saturated heterocycles. The molecule has 34 heavy (non-hydrogen) atoms. The summed E-state index contributed by atoms with van der Waals surface area (Å²) >= 11 is 7.87. The molecule has 0 bridgehead atoms. The molecule has 0 aliphatic carbocycles. The molecule has 0 radical (unpaired) electrons. The fourth-order valence-electron chi connectivity index (χ4n) is 2.97. The summed E-state index contributed by atoms with van der Waals surface area (Å²) in [5.41, 5.74) is 1.15. The molecule has 0 aliphatic heterocycles. The van der Waals surface area contributed by atoms with Gasteiger partial charge in [-0.25, -0.2) is 22.5 Å². The van der Waals surface area contributed by atoms with Crippen LogP contribution >= 0.6 is 23.4 Å². The first-order valence-corrected chi connectivity index (χ1v) is 11.4. The van der Waals surface area contributed by atoms with Gasteiger partial charge in [0.25, 0.3) is 0 Å². The van der Waals surface area contributed by atoms with E-state index in [0.717, 1.165) is 34.7 Å². The fourth-order valence-corrected chi connectivity index (χ4v) is 3.62. The van der Waals surface area contributed by atoms with Crippen molar-refractivity contribution in [2.75, 3.05) is 6.26 Å². The van der Waals surface area contributed by atoms with Gasteiger partial charge >= 0.3 is 6.01 Å². The first-order valence-electron chi connectivity index (χ1n) is 9.76. The molecule has 174 valence electrons. The van der Waals surface area contributed by atoms with Gasteiger partial charge in [-0.1, -0.05) is 11.6 Å². The quantitative estimate of drug-likeness (QED) is 0.191. The topological polar surface area (TPSA) is 44.2 Å². The van der Waals surface area contributed by atoms with E-state index >= 15 is 0 Å². The van der Waals surface area contributed by atoms with Crippen molar-refractivity contribution in [1.82, 2.24) is 9.97 Å². The maximum Gasteiger partial charge on any atom is 0.325 e. The third kappa shape index (κ3) is 5.60. The first-order chi connectivity index (χ1) is 16.3. The largest absolute Gasteiger partial charge is 0.435 e. The van der Waals surface area contributed by atoms with E-state index in [1.165, 1.54) is 18.0 Å². The monoisotopic (exact) mass is 506 g/mol. The summed E-state index contributed by atoms with van der Waals surface area (Å²) < 4.78 is 65.7. The lowest BCUT2D eigenvalue weighted by atomic mass is 10.1. The molecule has 0 spiro atoms. The summed E-state index contributed by atoms with van der Waals surface area (Å²) in [4.78, 5) is 9.17. The van der Waals surface area contributed by atoms with E-state index in [1.807, 2.05) is 18.4 Å². The van der Waals surface area contributed by atoms with Gasteiger partial charge in [-0.15, -0.1) is 11.8 Å². The number of thioether (sulfide) groups is 1. The van der Waals surface area contributed by atoms with Gasteiger partial charge < -0.3 is 9.47 Å². The molecule has 4 aromatic rings. The second-order valence-corrected chi connectivity index (χ2v) is 8.26. The zero-order valence-electron chi connectivity index (χ0n) is 17.5. The maximum atomic E-state index is 14.2. The summed E-state index contributed by atoms with van der Waals surface area (Å²) in [5, 5.41) is 0.491. The summed E-state index contributed by atoms with van der Waals surface area (Å²) in [5.74, 6) is -4.17. The van der Waals surface area contributed by atoms with Crippen LogP contribution in [0.15, 0.2) is 65.7 Å². The smallest absolute Gasteiger partial charge is 0.325 e. The number of nitrogens with zero attached hydrogens (tertiary/aromatic N) is 2. The van der Waals surface area contributed by atoms with Crippen molar-refractivity contribution in [3.63, 3.8) is 0 Å². The predicted octanol–water partition coefficient (Wildman–Crippen LogP) is 7.58. The second kappa shape index (κ2) is 10.3. The number of halogens is 5. The minimum atomic E-state index is -0.958. The predicted molar refractivity (Wildman–Crippen MR) is 121 cm³/mol. The Hall–Kier alpha value is -3.30. The van der Waals surface area contributed by atoms with E-state index in [9.17, 15) is 17.6 Å². The van der Waals surface area contributed by atoms with Crippen LogP contribution in [-0.4, -0.2) is 16.2 Å². The molecule has 1 heterocycles. The van der Waals surface area contributed by atoms with Crippen LogP contribution in [0.3, 0.4) is 0 Å². The van der Waals surface area contributed by atoms with Crippen molar-refractivity contribution in [1.29, 1.82) is 0 Å². The minimum Gasteiger partial charge on any atom is -0.435 e. The Labute approximate surface area is 201 Å². The summed E-state index contributed by atoms with van der Waals surface area (Å²) in [6.45, 7) is 0. The van der Waals surface area contributed by atoms with Crippen molar-refractivity contribution in [2.24, 2.45) is 0 Å². The number of ether oxygens (including phenoxy) is 2. The lowest BCUT2D eigenvalue weighted by Crippen LogP contribution is -2.02. The standard InChI is InChI=1S/C24H15ClF4N2O2S/c1-34-17-4-5-18(25)13(9-17)8-14-12-30-24(33-22-7-3-16(27)11-20(22)29)31-23(14)32-21-6-2-15(26)10-19(21)28/h2-7,9-12H,8H2,1H3. The molecule has 0 unspecified atom stereocenters. The lowest BCUT2D eigenvalue weighted by molar-refractivity contribution is 0.380. The highest BCUT2D eigenvalue weighted by molar-refractivity contribution is 7.98. The van der Waals surface area contributed by atoms with E-state index < -0.39 is 23.3 Å². The van der Waals surface area contributed by atoms with Crippen LogP contribution in [0.1, 0.15) is 11.1 Å². The Balaban J connectivity index is 1.72. The van der Waals surface area contributed by atoms with E-state index in [1.54, 1.807) is 6.07 Å². The molecule has 0 N–H and O–H groups in total. The Morgan fingerprint density at radius 1 is 0.824 bits per heavy atom. The van der Waals surface area contributed by atoms with E-state index in [4.69, 9.17) is 21.1 Å². The summed E-state index contributed by atoms with van der Waals surface area (Å²) in [6.07, 6.45) is 3.50. The van der Waals surface area contributed by atoms with Crippen molar-refractivity contribution >= 4 is 23.4 Å². The minimum absolute atomic E-state index is 0.108. The maximum absolute atomic E-state index is 14.2. The molecule has 3 aromatic carbocycles. The molecule has 4 rings (SSSR count). The average molecular weight is 507 g/mol. The van der Waals surface area contributed by atoms with Crippen LogP contribution in [-0.2, 0) is 6.42 Å². The highest BCUT2D eigenvalue weighted by Gasteiger charge is 2.17. The third-order valence-electron chi connectivity index (χ3n) is 4.63. The number of aromatic nitrogens is 2. The Bertz CT molecular complexity index is 1360. The fraction of sp³-hybridized carbons (Fsp3) is 0.0833. The van der Waals surface area contributed by atoms with Gasteiger partial charge in [-0.2, -0.15) is 4.98 Å². The van der Waals surface area contributed by atoms with Gasteiger partial charge in [0, 0.05) is 40.2 Å². The normalized spacial score (nSPS) is 10.9. The second-order valence-electron chi connectivity index (χ2n) is 6.97. The first kappa shape index (κ1) is 23.8. The van der Waals surface area contributed by atoms with Gasteiger partial charge in [0.1, 0.15) is 11.6 Å². The van der Waals surface area contributed by atoms with Gasteiger partial charge in [-0.3, -0.25) is 0 Å². The molecule has 0 fully saturated rings. The van der Waals surface area contributed by atoms with E-state index in [-0.39, 0.29) is 29.8 Å². The van der Waals surface area contributed by atoms with E-state index in [0.29, 0.717) is 22.7 Å². The highest BCUT2D eigenvalue weighted by atomic mass is 35.5. The molecule has 0 amide bonds. The molecule has 10 heteroatoms.